The van der Waals surface area contributed by atoms with Gasteiger partial charge in [-0.25, -0.2) is 4.52 Å². The molecule has 2 aromatic heterocycles. The summed E-state index contributed by atoms with van der Waals surface area (Å²) in [6, 6.07) is 3.41. The van der Waals surface area contributed by atoms with Crippen LogP contribution in [0.3, 0.4) is 0 Å². The first kappa shape index (κ1) is 17.3. The van der Waals surface area contributed by atoms with Gasteiger partial charge >= 0.3 is 5.97 Å². The number of carbonyl (C=O) groups excluding carboxylic acids is 2. The molecule has 5 rings (SSSR count). The van der Waals surface area contributed by atoms with E-state index in [2.05, 4.69) is 15.4 Å². The van der Waals surface area contributed by atoms with Crippen molar-refractivity contribution in [3.8, 4) is 0 Å². The van der Waals surface area contributed by atoms with Gasteiger partial charge in [-0.15, -0.1) is 5.10 Å². The highest BCUT2D eigenvalue weighted by Gasteiger charge is 2.48. The number of nitrogens with one attached hydrogen (secondary N) is 1. The molecule has 2 bridgehead atoms. The van der Waals surface area contributed by atoms with Crippen molar-refractivity contribution in [3.05, 3.63) is 23.1 Å². The van der Waals surface area contributed by atoms with Gasteiger partial charge in [0.25, 0.3) is 0 Å². The van der Waals surface area contributed by atoms with Crippen molar-refractivity contribution in [2.24, 2.45) is 17.8 Å². The molecule has 0 amide bonds. The molecule has 2 aromatic rings. The quantitative estimate of drug-likeness (QED) is 0.637. The van der Waals surface area contributed by atoms with Crippen LogP contribution in [-0.4, -0.2) is 39.5 Å². The number of ether oxygens (including phenoxy) is 1. The van der Waals surface area contributed by atoms with Gasteiger partial charge in [-0.05, 0) is 68.2 Å². The van der Waals surface area contributed by atoms with Crippen LogP contribution in [0.5, 0.6) is 0 Å². The van der Waals surface area contributed by atoms with Gasteiger partial charge in [-0.2, -0.15) is 4.98 Å². The molecule has 1 N–H and O–H groups in total. The fraction of sp³-hybridized carbons (Fsp3) is 0.556. The van der Waals surface area contributed by atoms with Gasteiger partial charge in [-0.1, -0.05) is 0 Å². The number of esters is 1. The average Bonchev–Trinajstić information content (AvgIpc) is 3.05. The molecule has 0 saturated heterocycles. The molecule has 3 saturated carbocycles. The topological polar surface area (TPSA) is 85.6 Å². The third-order valence-corrected chi connectivity index (χ3v) is 5.88. The Morgan fingerprint density at radius 3 is 2.77 bits per heavy atom. The standard InChI is InChI=1S/C18H21ClN4O3/c1-2-26-17(25)14-10-3-5-11(6-4-10)15(14)20-16-13-8-7-12(9-24)23(13)22-18(19)21-16/h7-11,14-15H,2-6H2,1H3,(H,20,21,22)/t10?,11?,14-,15?/m0/s1. The van der Waals surface area contributed by atoms with Crippen LogP contribution in [0.4, 0.5) is 5.82 Å². The van der Waals surface area contributed by atoms with Crippen molar-refractivity contribution in [2.75, 3.05) is 11.9 Å². The van der Waals surface area contributed by atoms with E-state index in [1.807, 2.05) is 6.92 Å². The highest BCUT2D eigenvalue weighted by atomic mass is 35.5. The largest absolute Gasteiger partial charge is 0.466 e. The number of nitrogens with zero attached hydrogens (tertiary/aromatic N) is 3. The summed E-state index contributed by atoms with van der Waals surface area (Å²) in [6.07, 6.45) is 5.03. The zero-order valence-corrected chi connectivity index (χ0v) is 15.3. The van der Waals surface area contributed by atoms with Crippen LogP contribution >= 0.6 is 11.6 Å². The molecule has 2 heterocycles. The summed E-state index contributed by atoms with van der Waals surface area (Å²) in [7, 11) is 0. The first-order chi connectivity index (χ1) is 12.6. The molecule has 1 unspecified atom stereocenters. The molecule has 0 aliphatic heterocycles. The van der Waals surface area contributed by atoms with Crippen molar-refractivity contribution in [1.82, 2.24) is 14.6 Å². The lowest BCUT2D eigenvalue weighted by Gasteiger charge is -2.47. The summed E-state index contributed by atoms with van der Waals surface area (Å²) >= 11 is 6.06. The molecular formula is C18H21ClN4O3. The van der Waals surface area contributed by atoms with Gasteiger partial charge in [0.1, 0.15) is 11.2 Å². The predicted octanol–water partition coefficient (Wildman–Crippen LogP) is 2.98. The van der Waals surface area contributed by atoms with E-state index >= 15 is 0 Å². The monoisotopic (exact) mass is 376 g/mol. The molecule has 2 atom stereocenters. The molecule has 7 nitrogen and oxygen atoms in total. The Hall–Kier alpha value is -2.15. The minimum absolute atomic E-state index is 0.0490. The van der Waals surface area contributed by atoms with E-state index in [0.717, 1.165) is 32.0 Å². The first-order valence-corrected chi connectivity index (χ1v) is 9.43. The van der Waals surface area contributed by atoms with Gasteiger partial charge in [0.2, 0.25) is 5.28 Å². The van der Waals surface area contributed by atoms with E-state index in [-0.39, 0.29) is 23.2 Å². The Morgan fingerprint density at radius 1 is 1.35 bits per heavy atom. The second kappa shape index (κ2) is 6.87. The van der Waals surface area contributed by atoms with Crippen molar-refractivity contribution in [2.45, 2.75) is 38.6 Å². The van der Waals surface area contributed by atoms with Crippen molar-refractivity contribution >= 4 is 35.2 Å². The number of hydrogen-bond donors (Lipinski definition) is 1. The number of anilines is 1. The Labute approximate surface area is 156 Å². The Kier molecular flexibility index (Phi) is 4.56. The maximum atomic E-state index is 12.6. The lowest BCUT2D eigenvalue weighted by molar-refractivity contribution is -0.154. The number of aldehydes is 1. The summed E-state index contributed by atoms with van der Waals surface area (Å²) in [5.74, 6) is 0.951. The molecule has 0 spiro atoms. The van der Waals surface area contributed by atoms with Crippen LogP contribution in [-0.2, 0) is 9.53 Å². The average molecular weight is 377 g/mol. The minimum atomic E-state index is -0.184. The zero-order chi connectivity index (χ0) is 18.3. The Balaban J connectivity index is 1.71. The van der Waals surface area contributed by atoms with Crippen molar-refractivity contribution in [3.63, 3.8) is 0 Å². The molecule has 26 heavy (non-hydrogen) atoms. The van der Waals surface area contributed by atoms with Crippen LogP contribution in [0, 0.1) is 17.8 Å². The van der Waals surface area contributed by atoms with E-state index in [4.69, 9.17) is 16.3 Å². The van der Waals surface area contributed by atoms with Crippen LogP contribution in [0.25, 0.3) is 5.52 Å². The minimum Gasteiger partial charge on any atom is -0.466 e. The number of carbonyl (C=O) groups is 2. The molecule has 3 aliphatic carbocycles. The third kappa shape index (κ3) is 2.84. The predicted molar refractivity (Wildman–Crippen MR) is 96.4 cm³/mol. The van der Waals surface area contributed by atoms with E-state index in [1.54, 1.807) is 12.1 Å². The molecule has 8 heteroatoms. The van der Waals surface area contributed by atoms with E-state index < -0.39 is 0 Å². The Morgan fingerprint density at radius 2 is 2.08 bits per heavy atom. The van der Waals surface area contributed by atoms with E-state index in [9.17, 15) is 9.59 Å². The molecule has 3 aliphatic rings. The van der Waals surface area contributed by atoms with Crippen LogP contribution in [0.2, 0.25) is 5.28 Å². The van der Waals surface area contributed by atoms with Gasteiger partial charge in [0.05, 0.1) is 12.5 Å². The number of rotatable bonds is 5. The van der Waals surface area contributed by atoms with Crippen LogP contribution < -0.4 is 5.32 Å². The smallest absolute Gasteiger partial charge is 0.311 e. The second-order valence-corrected chi connectivity index (χ2v) is 7.36. The van der Waals surface area contributed by atoms with Gasteiger partial charge in [0, 0.05) is 6.04 Å². The van der Waals surface area contributed by atoms with E-state index in [0.29, 0.717) is 35.5 Å². The molecular weight excluding hydrogens is 356 g/mol. The van der Waals surface area contributed by atoms with Crippen molar-refractivity contribution in [1.29, 1.82) is 0 Å². The van der Waals surface area contributed by atoms with Gasteiger partial charge in [-0.3, -0.25) is 9.59 Å². The molecule has 0 aromatic carbocycles. The molecule has 3 fully saturated rings. The lowest BCUT2D eigenvalue weighted by Crippen LogP contribution is -2.52. The summed E-state index contributed by atoms with van der Waals surface area (Å²) < 4.78 is 6.82. The Bertz CT molecular complexity index is 844. The van der Waals surface area contributed by atoms with Gasteiger partial charge in [0.15, 0.2) is 12.1 Å². The van der Waals surface area contributed by atoms with Crippen LogP contribution in [0.1, 0.15) is 43.1 Å². The SMILES string of the molecule is CCOC(=O)[C@H]1C2CCC(CC2)C1Nc1nc(Cl)nn2c(C=O)ccc12. The number of fused-ring (bicyclic) bond motifs is 4. The summed E-state index contributed by atoms with van der Waals surface area (Å²) in [5.41, 5.74) is 1.07. The summed E-state index contributed by atoms with van der Waals surface area (Å²) in [5, 5.41) is 7.60. The van der Waals surface area contributed by atoms with Crippen molar-refractivity contribution < 1.29 is 14.3 Å². The lowest BCUT2D eigenvalue weighted by atomic mass is 9.61. The third-order valence-electron chi connectivity index (χ3n) is 5.72. The highest BCUT2D eigenvalue weighted by molar-refractivity contribution is 6.28. The summed E-state index contributed by atoms with van der Waals surface area (Å²) in [4.78, 5) is 28.1. The maximum Gasteiger partial charge on any atom is 0.311 e. The van der Waals surface area contributed by atoms with Gasteiger partial charge < -0.3 is 10.1 Å². The molecule has 0 radical (unpaired) electrons. The number of aromatic nitrogens is 3. The second-order valence-electron chi connectivity index (χ2n) is 7.03. The van der Waals surface area contributed by atoms with E-state index in [1.165, 1.54) is 4.52 Å². The normalized spacial score (nSPS) is 27.5. The maximum absolute atomic E-state index is 12.6. The zero-order valence-electron chi connectivity index (χ0n) is 14.5. The fourth-order valence-corrected chi connectivity index (χ4v) is 4.74. The first-order valence-electron chi connectivity index (χ1n) is 9.06. The van der Waals surface area contributed by atoms with Crippen LogP contribution in [0.15, 0.2) is 12.1 Å². The number of hydrogen-bond acceptors (Lipinski definition) is 6. The molecule has 138 valence electrons. The summed E-state index contributed by atoms with van der Waals surface area (Å²) in [6.45, 7) is 2.21. The highest BCUT2D eigenvalue weighted by Crippen LogP contribution is 2.46. The number of halogens is 1. The fourth-order valence-electron chi connectivity index (χ4n) is 4.58.